The molecule has 1 saturated carbocycles. The first-order valence-corrected chi connectivity index (χ1v) is 7.13. The molecule has 18 heavy (non-hydrogen) atoms. The van der Waals surface area contributed by atoms with Crippen molar-refractivity contribution >= 4 is 22.9 Å². The van der Waals surface area contributed by atoms with Gasteiger partial charge in [-0.15, -0.1) is 0 Å². The smallest absolute Gasteiger partial charge is 0.0733 e. The molecule has 1 aromatic carbocycles. The monoisotopic (exact) mass is 260 g/mol. The molecule has 1 aliphatic carbocycles. The van der Waals surface area contributed by atoms with Crippen molar-refractivity contribution in [3.8, 4) is 0 Å². The molecule has 1 heterocycles. The third kappa shape index (κ3) is 2.12. The molecule has 1 unspecified atom stereocenters. The highest BCUT2D eigenvalue weighted by Crippen LogP contribution is 2.51. The van der Waals surface area contributed by atoms with Crippen LogP contribution in [-0.4, -0.2) is 17.6 Å². The van der Waals surface area contributed by atoms with Gasteiger partial charge in [0.15, 0.2) is 0 Å². The predicted molar refractivity (Wildman–Crippen MR) is 80.0 cm³/mol. The summed E-state index contributed by atoms with van der Waals surface area (Å²) in [6.45, 7) is 3.43. The molecule has 3 rings (SSSR count). The Morgan fingerprint density at radius 3 is 2.83 bits per heavy atom. The Hall–Kier alpha value is -1.09. The van der Waals surface area contributed by atoms with Crippen LogP contribution >= 0.6 is 12.2 Å². The van der Waals surface area contributed by atoms with Crippen molar-refractivity contribution in [3.05, 3.63) is 29.8 Å². The van der Waals surface area contributed by atoms with E-state index in [0.29, 0.717) is 16.4 Å². The van der Waals surface area contributed by atoms with E-state index in [1.807, 2.05) is 0 Å². The maximum Gasteiger partial charge on any atom is 0.0733 e. The van der Waals surface area contributed by atoms with Gasteiger partial charge in [-0.05, 0) is 43.2 Å². The van der Waals surface area contributed by atoms with Crippen LogP contribution in [0.25, 0.3) is 0 Å². The average Bonchev–Trinajstić information content (AvgIpc) is 2.98. The molecule has 1 aromatic rings. The first-order valence-electron chi connectivity index (χ1n) is 6.73. The number of fused-ring (bicyclic) bond motifs is 1. The van der Waals surface area contributed by atoms with Crippen molar-refractivity contribution in [2.45, 2.75) is 38.6 Å². The van der Waals surface area contributed by atoms with E-state index in [2.05, 4.69) is 36.1 Å². The standard InChI is InChI=1S/C15H20N2S/c1-11-8-12-4-2-3-5-13(12)17(11)10-15(6-7-15)9-14(16)18/h2-5,11H,6-10H2,1H3,(H2,16,18). The molecule has 0 saturated heterocycles. The molecule has 96 valence electrons. The second-order valence-electron chi connectivity index (χ2n) is 5.95. The van der Waals surface area contributed by atoms with Crippen molar-refractivity contribution < 1.29 is 0 Å². The summed E-state index contributed by atoms with van der Waals surface area (Å²) in [6, 6.07) is 9.37. The molecule has 2 aliphatic rings. The Balaban J connectivity index is 1.79. The van der Waals surface area contributed by atoms with Crippen molar-refractivity contribution in [2.24, 2.45) is 11.1 Å². The van der Waals surface area contributed by atoms with Crippen LogP contribution in [0, 0.1) is 5.41 Å². The van der Waals surface area contributed by atoms with Gasteiger partial charge >= 0.3 is 0 Å². The highest BCUT2D eigenvalue weighted by molar-refractivity contribution is 7.80. The van der Waals surface area contributed by atoms with Crippen molar-refractivity contribution in [2.75, 3.05) is 11.4 Å². The summed E-state index contributed by atoms with van der Waals surface area (Å²) < 4.78 is 0. The van der Waals surface area contributed by atoms with Crippen LogP contribution in [-0.2, 0) is 6.42 Å². The lowest BCUT2D eigenvalue weighted by Gasteiger charge is -2.29. The molecule has 3 heteroatoms. The summed E-state index contributed by atoms with van der Waals surface area (Å²) in [5, 5.41) is 0. The number of benzene rings is 1. The average molecular weight is 260 g/mol. The maximum atomic E-state index is 5.74. The van der Waals surface area contributed by atoms with Crippen molar-refractivity contribution in [1.82, 2.24) is 0 Å². The second kappa shape index (κ2) is 4.23. The SMILES string of the molecule is CC1Cc2ccccc2N1CC1(CC(N)=S)CC1. The minimum atomic E-state index is 0.373. The van der Waals surface area contributed by atoms with Crippen molar-refractivity contribution in [3.63, 3.8) is 0 Å². The maximum absolute atomic E-state index is 5.74. The number of para-hydroxylation sites is 1. The number of rotatable bonds is 4. The Bertz CT molecular complexity index is 479. The predicted octanol–water partition coefficient (Wildman–Crippen LogP) is 2.89. The van der Waals surface area contributed by atoms with Gasteiger partial charge in [0, 0.05) is 24.7 Å². The highest BCUT2D eigenvalue weighted by Gasteiger charge is 2.45. The molecule has 2 nitrogen and oxygen atoms in total. The van der Waals surface area contributed by atoms with Gasteiger partial charge in [-0.2, -0.15) is 0 Å². The quantitative estimate of drug-likeness (QED) is 0.844. The summed E-state index contributed by atoms with van der Waals surface area (Å²) in [5.41, 5.74) is 9.01. The molecule has 1 fully saturated rings. The second-order valence-corrected chi connectivity index (χ2v) is 6.48. The zero-order valence-electron chi connectivity index (χ0n) is 10.9. The number of thiocarbonyl (C=S) groups is 1. The first-order chi connectivity index (χ1) is 8.60. The minimum Gasteiger partial charge on any atom is -0.393 e. The molecule has 0 aromatic heterocycles. The van der Waals surface area contributed by atoms with Crippen LogP contribution < -0.4 is 10.6 Å². The molecule has 0 amide bonds. The summed E-state index contributed by atoms with van der Waals surface area (Å²) >= 11 is 5.09. The zero-order valence-corrected chi connectivity index (χ0v) is 11.7. The summed E-state index contributed by atoms with van der Waals surface area (Å²) in [7, 11) is 0. The van der Waals surface area contributed by atoms with Gasteiger partial charge in [-0.25, -0.2) is 0 Å². The van der Waals surface area contributed by atoms with Gasteiger partial charge in [0.25, 0.3) is 0 Å². The lowest BCUT2D eigenvalue weighted by Crippen LogP contribution is -2.36. The van der Waals surface area contributed by atoms with Crippen LogP contribution in [0.2, 0.25) is 0 Å². The lowest BCUT2D eigenvalue weighted by molar-refractivity contribution is 0.496. The van der Waals surface area contributed by atoms with Crippen LogP contribution in [0.15, 0.2) is 24.3 Å². The van der Waals surface area contributed by atoms with Crippen LogP contribution in [0.5, 0.6) is 0 Å². The Labute approximate surface area is 114 Å². The van der Waals surface area contributed by atoms with Crippen molar-refractivity contribution in [1.29, 1.82) is 0 Å². The van der Waals surface area contributed by atoms with E-state index in [1.54, 1.807) is 0 Å². The Kier molecular flexibility index (Phi) is 2.81. The Morgan fingerprint density at radius 1 is 1.44 bits per heavy atom. The third-order valence-electron chi connectivity index (χ3n) is 4.36. The van der Waals surface area contributed by atoms with Gasteiger partial charge in [-0.1, -0.05) is 30.4 Å². The first kappa shape index (κ1) is 12.0. The van der Waals surface area contributed by atoms with Crippen LogP contribution in [0.4, 0.5) is 5.69 Å². The summed E-state index contributed by atoms with van der Waals surface area (Å²) in [5.74, 6) is 0. The molecular weight excluding hydrogens is 240 g/mol. The normalized spacial score (nSPS) is 23.8. The fourth-order valence-corrected chi connectivity index (χ4v) is 3.48. The third-order valence-corrected chi connectivity index (χ3v) is 4.50. The molecule has 1 atom stereocenters. The van der Waals surface area contributed by atoms with E-state index in [0.717, 1.165) is 13.0 Å². The minimum absolute atomic E-state index is 0.373. The number of hydrogen-bond acceptors (Lipinski definition) is 2. The Morgan fingerprint density at radius 2 is 2.17 bits per heavy atom. The van der Waals surface area contributed by atoms with Gasteiger partial charge in [0.1, 0.15) is 0 Å². The largest absolute Gasteiger partial charge is 0.393 e. The van der Waals surface area contributed by atoms with E-state index in [4.69, 9.17) is 18.0 Å². The molecule has 1 aliphatic heterocycles. The van der Waals surface area contributed by atoms with E-state index in [1.165, 1.54) is 30.5 Å². The summed E-state index contributed by atoms with van der Waals surface area (Å²) in [4.78, 5) is 3.23. The van der Waals surface area contributed by atoms with Gasteiger partial charge in [0.2, 0.25) is 0 Å². The number of hydrogen-bond donors (Lipinski definition) is 1. The van der Waals surface area contributed by atoms with Gasteiger partial charge < -0.3 is 10.6 Å². The number of nitrogens with zero attached hydrogens (tertiary/aromatic N) is 1. The molecule has 2 N–H and O–H groups in total. The van der Waals surface area contributed by atoms with Gasteiger partial charge in [0.05, 0.1) is 4.99 Å². The number of nitrogens with two attached hydrogens (primary N) is 1. The molecule has 0 bridgehead atoms. The highest BCUT2D eigenvalue weighted by atomic mass is 32.1. The van der Waals surface area contributed by atoms with Crippen LogP contribution in [0.1, 0.15) is 31.7 Å². The van der Waals surface area contributed by atoms with E-state index in [9.17, 15) is 0 Å². The number of anilines is 1. The van der Waals surface area contributed by atoms with E-state index in [-0.39, 0.29) is 0 Å². The fourth-order valence-electron chi connectivity index (χ4n) is 3.17. The molecule has 0 radical (unpaired) electrons. The topological polar surface area (TPSA) is 29.3 Å². The molecular formula is C15H20N2S. The van der Waals surface area contributed by atoms with E-state index >= 15 is 0 Å². The summed E-state index contributed by atoms with van der Waals surface area (Å²) in [6.07, 6.45) is 4.62. The van der Waals surface area contributed by atoms with Crippen LogP contribution in [0.3, 0.4) is 0 Å². The lowest BCUT2D eigenvalue weighted by atomic mass is 10.0. The molecule has 0 spiro atoms. The van der Waals surface area contributed by atoms with Gasteiger partial charge in [-0.3, -0.25) is 0 Å². The van der Waals surface area contributed by atoms with E-state index < -0.39 is 0 Å². The fraction of sp³-hybridized carbons (Fsp3) is 0.533. The zero-order chi connectivity index (χ0) is 12.8.